The molecule has 0 spiro atoms. The topological polar surface area (TPSA) is 29.1 Å². The number of benzene rings is 1. The van der Waals surface area contributed by atoms with Gasteiger partial charge in [0.15, 0.2) is 0 Å². The smallest absolute Gasteiger partial charge is 0.251 e. The van der Waals surface area contributed by atoms with Crippen LogP contribution in [0.1, 0.15) is 15.2 Å². The van der Waals surface area contributed by atoms with Crippen molar-refractivity contribution in [3.63, 3.8) is 0 Å². The number of halogens is 1. The molecular weight excluding hydrogens is 298 g/mol. The fraction of sp³-hybridized carbons (Fsp3) is 0.214. The number of carbonyl (C=O) groups excluding carboxylic acids is 1. The molecule has 0 saturated carbocycles. The largest absolute Gasteiger partial charge is 0.351 e. The molecule has 0 radical (unpaired) electrons. The summed E-state index contributed by atoms with van der Waals surface area (Å²) in [6.45, 7) is 0.668. The molecular formula is C14H14ClNOS2. The predicted molar refractivity (Wildman–Crippen MR) is 84.3 cm³/mol. The van der Waals surface area contributed by atoms with Gasteiger partial charge in [-0.1, -0.05) is 23.7 Å². The number of carbonyl (C=O) groups is 1. The van der Waals surface area contributed by atoms with Crippen molar-refractivity contribution in [3.05, 3.63) is 57.2 Å². The maximum absolute atomic E-state index is 11.8. The van der Waals surface area contributed by atoms with E-state index < -0.39 is 0 Å². The molecule has 2 aromatic rings. The van der Waals surface area contributed by atoms with Crippen LogP contribution in [-0.2, 0) is 5.75 Å². The monoisotopic (exact) mass is 311 g/mol. The third-order valence-corrected chi connectivity index (χ3v) is 4.75. The second kappa shape index (κ2) is 7.58. The minimum Gasteiger partial charge on any atom is -0.351 e. The summed E-state index contributed by atoms with van der Waals surface area (Å²) in [6.07, 6.45) is 0. The highest BCUT2D eigenvalue weighted by atomic mass is 35.5. The van der Waals surface area contributed by atoms with Gasteiger partial charge < -0.3 is 5.32 Å². The van der Waals surface area contributed by atoms with Crippen LogP contribution in [0.4, 0.5) is 0 Å². The summed E-state index contributed by atoms with van der Waals surface area (Å²) in [5, 5.41) is 5.55. The van der Waals surface area contributed by atoms with Gasteiger partial charge in [-0.15, -0.1) is 11.3 Å². The van der Waals surface area contributed by atoms with E-state index >= 15 is 0 Å². The zero-order chi connectivity index (χ0) is 13.5. The summed E-state index contributed by atoms with van der Waals surface area (Å²) < 4.78 is 0. The molecule has 0 saturated heterocycles. The van der Waals surface area contributed by atoms with Crippen LogP contribution >= 0.6 is 34.7 Å². The molecule has 1 amide bonds. The van der Waals surface area contributed by atoms with Crippen molar-refractivity contribution < 1.29 is 4.79 Å². The van der Waals surface area contributed by atoms with E-state index in [1.807, 2.05) is 11.8 Å². The summed E-state index contributed by atoms with van der Waals surface area (Å²) in [5.74, 6) is 1.84. The Morgan fingerprint density at radius 1 is 1.32 bits per heavy atom. The summed E-state index contributed by atoms with van der Waals surface area (Å²) in [7, 11) is 0. The molecule has 100 valence electrons. The molecule has 5 heteroatoms. The van der Waals surface area contributed by atoms with Crippen molar-refractivity contribution in [1.29, 1.82) is 0 Å². The van der Waals surface area contributed by atoms with Crippen LogP contribution in [0.25, 0.3) is 0 Å². The number of rotatable bonds is 6. The standard InChI is InChI=1S/C14H14ClNOS2/c15-12-4-1-3-11(9-12)14(17)16-6-8-18-10-13-5-2-7-19-13/h1-5,7,9H,6,8,10H2,(H,16,17). The van der Waals surface area contributed by atoms with Gasteiger partial charge in [-0.25, -0.2) is 0 Å². The first-order valence-corrected chi connectivity index (χ1v) is 8.31. The fourth-order valence-corrected chi connectivity index (χ4v) is 3.43. The maximum Gasteiger partial charge on any atom is 0.251 e. The number of amides is 1. The van der Waals surface area contributed by atoms with Gasteiger partial charge in [-0.05, 0) is 29.6 Å². The van der Waals surface area contributed by atoms with E-state index in [2.05, 4.69) is 22.8 Å². The van der Waals surface area contributed by atoms with Gasteiger partial charge in [0.05, 0.1) is 0 Å². The zero-order valence-electron chi connectivity index (χ0n) is 10.3. The molecule has 1 heterocycles. The predicted octanol–water partition coefficient (Wildman–Crippen LogP) is 4.06. The number of thioether (sulfide) groups is 1. The highest BCUT2D eigenvalue weighted by Crippen LogP contribution is 2.16. The Balaban J connectivity index is 1.67. The average Bonchev–Trinajstić information content (AvgIpc) is 2.91. The normalized spacial score (nSPS) is 10.4. The average molecular weight is 312 g/mol. The Hall–Kier alpha value is -0.970. The molecule has 0 fully saturated rings. The molecule has 1 N–H and O–H groups in total. The van der Waals surface area contributed by atoms with Crippen molar-refractivity contribution in [2.24, 2.45) is 0 Å². The van der Waals surface area contributed by atoms with E-state index in [1.165, 1.54) is 4.88 Å². The minimum absolute atomic E-state index is 0.0702. The van der Waals surface area contributed by atoms with Crippen molar-refractivity contribution in [3.8, 4) is 0 Å². The molecule has 0 atom stereocenters. The molecule has 0 aliphatic rings. The maximum atomic E-state index is 11.8. The van der Waals surface area contributed by atoms with Crippen LogP contribution in [-0.4, -0.2) is 18.2 Å². The van der Waals surface area contributed by atoms with Crippen molar-refractivity contribution in [2.75, 3.05) is 12.3 Å². The lowest BCUT2D eigenvalue weighted by Crippen LogP contribution is -2.25. The highest BCUT2D eigenvalue weighted by molar-refractivity contribution is 7.98. The van der Waals surface area contributed by atoms with Gasteiger partial charge in [-0.3, -0.25) is 4.79 Å². The van der Waals surface area contributed by atoms with Crippen LogP contribution in [0.15, 0.2) is 41.8 Å². The fourth-order valence-electron chi connectivity index (χ4n) is 1.54. The zero-order valence-corrected chi connectivity index (χ0v) is 12.7. The van der Waals surface area contributed by atoms with E-state index in [4.69, 9.17) is 11.6 Å². The minimum atomic E-state index is -0.0702. The van der Waals surface area contributed by atoms with Crippen LogP contribution in [0, 0.1) is 0 Å². The summed E-state index contributed by atoms with van der Waals surface area (Å²) in [4.78, 5) is 13.2. The van der Waals surface area contributed by atoms with Gasteiger partial charge >= 0.3 is 0 Å². The molecule has 2 nitrogen and oxygen atoms in total. The molecule has 0 aliphatic heterocycles. The van der Waals surface area contributed by atoms with Gasteiger partial charge in [-0.2, -0.15) is 11.8 Å². The van der Waals surface area contributed by atoms with Crippen molar-refractivity contribution in [2.45, 2.75) is 5.75 Å². The molecule has 1 aromatic heterocycles. The first-order valence-electron chi connectivity index (χ1n) is 5.89. The first-order chi connectivity index (χ1) is 9.25. The van der Waals surface area contributed by atoms with E-state index in [0.29, 0.717) is 17.1 Å². The Bertz CT molecular complexity index is 528. The Kier molecular flexibility index (Phi) is 5.76. The van der Waals surface area contributed by atoms with Gasteiger partial charge in [0.2, 0.25) is 0 Å². The highest BCUT2D eigenvalue weighted by Gasteiger charge is 2.04. The Morgan fingerprint density at radius 3 is 2.95 bits per heavy atom. The van der Waals surface area contributed by atoms with E-state index in [9.17, 15) is 4.79 Å². The summed E-state index contributed by atoms with van der Waals surface area (Å²) in [6, 6.07) is 11.2. The van der Waals surface area contributed by atoms with E-state index in [-0.39, 0.29) is 5.91 Å². The second-order valence-corrected chi connectivity index (χ2v) is 6.47. The second-order valence-electron chi connectivity index (χ2n) is 3.90. The van der Waals surface area contributed by atoms with Crippen LogP contribution in [0.5, 0.6) is 0 Å². The quantitative estimate of drug-likeness (QED) is 0.815. The van der Waals surface area contributed by atoms with Crippen molar-refractivity contribution >= 4 is 40.6 Å². The Morgan fingerprint density at radius 2 is 2.21 bits per heavy atom. The number of nitrogens with one attached hydrogen (secondary N) is 1. The summed E-state index contributed by atoms with van der Waals surface area (Å²) >= 11 is 9.43. The third kappa shape index (κ3) is 4.90. The SMILES string of the molecule is O=C(NCCSCc1cccs1)c1cccc(Cl)c1. The van der Waals surface area contributed by atoms with E-state index in [1.54, 1.807) is 35.6 Å². The lowest BCUT2D eigenvalue weighted by atomic mass is 10.2. The number of thiophene rings is 1. The number of hydrogen-bond acceptors (Lipinski definition) is 3. The van der Waals surface area contributed by atoms with Gasteiger partial charge in [0.1, 0.15) is 0 Å². The first kappa shape index (κ1) is 14.4. The molecule has 19 heavy (non-hydrogen) atoms. The Labute approximate surface area is 126 Å². The van der Waals surface area contributed by atoms with E-state index in [0.717, 1.165) is 11.5 Å². The van der Waals surface area contributed by atoms with Crippen LogP contribution in [0.2, 0.25) is 5.02 Å². The van der Waals surface area contributed by atoms with Crippen LogP contribution in [0.3, 0.4) is 0 Å². The van der Waals surface area contributed by atoms with Gasteiger partial charge in [0, 0.05) is 33.5 Å². The summed E-state index contributed by atoms with van der Waals surface area (Å²) in [5.41, 5.74) is 0.607. The molecule has 1 aromatic carbocycles. The lowest BCUT2D eigenvalue weighted by Gasteiger charge is -2.05. The van der Waals surface area contributed by atoms with Crippen molar-refractivity contribution in [1.82, 2.24) is 5.32 Å². The molecule has 0 unspecified atom stereocenters. The number of hydrogen-bond donors (Lipinski definition) is 1. The lowest BCUT2D eigenvalue weighted by molar-refractivity contribution is 0.0956. The van der Waals surface area contributed by atoms with Crippen LogP contribution < -0.4 is 5.32 Å². The molecule has 0 aliphatic carbocycles. The molecule has 2 rings (SSSR count). The van der Waals surface area contributed by atoms with Gasteiger partial charge in [0.25, 0.3) is 5.91 Å². The molecule has 0 bridgehead atoms. The third-order valence-electron chi connectivity index (χ3n) is 2.44.